The van der Waals surface area contributed by atoms with Crippen LogP contribution in [0.25, 0.3) is 6.08 Å². The first-order valence-corrected chi connectivity index (χ1v) is 10.1. The molecule has 11 heteroatoms. The van der Waals surface area contributed by atoms with E-state index in [2.05, 4.69) is 0 Å². The smallest absolute Gasteiger partial charge is 0.335 e. The Labute approximate surface area is 194 Å². The van der Waals surface area contributed by atoms with Gasteiger partial charge in [-0.25, -0.2) is 9.59 Å². The fraction of sp³-hybridized carbons (Fsp3) is 0.304. The van der Waals surface area contributed by atoms with Crippen molar-refractivity contribution in [3.8, 4) is 17.2 Å². The number of aromatic hydroxyl groups is 1. The molecule has 5 N–H and O–H groups in total. The molecule has 0 unspecified atom stereocenters. The third kappa shape index (κ3) is 5.83. The molecule has 0 amide bonds. The molecule has 0 radical (unpaired) electrons. The molecule has 5 atom stereocenters. The molecular formula is C23H24O11. The number of carbonyl (C=O) groups is 2. The molecule has 182 valence electrons. The zero-order chi connectivity index (χ0) is 24.8. The minimum atomic E-state index is -1.67. The predicted octanol–water partition coefficient (Wildman–Crippen LogP) is 0.542. The standard InChI is InChI=1S/C23H24O11/c1-31-16-10-13(22(29)30)5-8-15(16)32-23-21(20(28)19(27)17(11-24)33-23)34-18(26)9-4-12-2-6-14(25)7-3-12/h2-10,17,19-21,23-25,27-28H,11H2,1H3,(H,29,30)/b9-4+/t17-,19-,20+,21-,23-/m1/s1. The highest BCUT2D eigenvalue weighted by Crippen LogP contribution is 2.33. The van der Waals surface area contributed by atoms with Crippen molar-refractivity contribution in [3.05, 3.63) is 59.7 Å². The molecule has 1 aliphatic heterocycles. The lowest BCUT2D eigenvalue weighted by Gasteiger charge is -2.41. The molecule has 0 saturated carbocycles. The van der Waals surface area contributed by atoms with Gasteiger partial charge >= 0.3 is 11.9 Å². The maximum absolute atomic E-state index is 12.4. The molecule has 3 rings (SSSR count). The van der Waals surface area contributed by atoms with Crippen LogP contribution in [0.4, 0.5) is 0 Å². The summed E-state index contributed by atoms with van der Waals surface area (Å²) in [7, 11) is 1.29. The van der Waals surface area contributed by atoms with Crippen LogP contribution in [0.3, 0.4) is 0 Å². The van der Waals surface area contributed by atoms with E-state index in [1.54, 1.807) is 12.1 Å². The lowest BCUT2D eigenvalue weighted by Crippen LogP contribution is -2.61. The van der Waals surface area contributed by atoms with Crippen molar-refractivity contribution >= 4 is 18.0 Å². The average Bonchev–Trinajstić information content (AvgIpc) is 2.83. The Morgan fingerprint density at radius 2 is 1.76 bits per heavy atom. The second-order valence-corrected chi connectivity index (χ2v) is 7.32. The van der Waals surface area contributed by atoms with Gasteiger partial charge in [0, 0.05) is 6.08 Å². The maximum atomic E-state index is 12.4. The van der Waals surface area contributed by atoms with Crippen LogP contribution in [0.2, 0.25) is 0 Å². The van der Waals surface area contributed by atoms with Gasteiger partial charge in [-0.3, -0.25) is 0 Å². The first kappa shape index (κ1) is 25.0. The fourth-order valence-electron chi connectivity index (χ4n) is 3.22. The third-order valence-corrected chi connectivity index (χ3v) is 5.04. The van der Waals surface area contributed by atoms with Gasteiger partial charge in [-0.2, -0.15) is 0 Å². The molecule has 1 saturated heterocycles. The maximum Gasteiger partial charge on any atom is 0.335 e. The number of aliphatic hydroxyl groups is 3. The molecule has 2 aromatic carbocycles. The van der Waals surface area contributed by atoms with Crippen molar-refractivity contribution in [1.82, 2.24) is 0 Å². The van der Waals surface area contributed by atoms with E-state index in [4.69, 9.17) is 24.1 Å². The summed E-state index contributed by atoms with van der Waals surface area (Å²) in [6.07, 6.45) is -5.01. The van der Waals surface area contributed by atoms with Crippen molar-refractivity contribution in [2.45, 2.75) is 30.7 Å². The summed E-state index contributed by atoms with van der Waals surface area (Å²) in [6, 6.07) is 9.74. The van der Waals surface area contributed by atoms with Crippen molar-refractivity contribution < 1.29 is 54.1 Å². The number of carbonyl (C=O) groups excluding carboxylic acids is 1. The summed E-state index contributed by atoms with van der Waals surface area (Å²) in [6.45, 7) is -0.658. The van der Waals surface area contributed by atoms with E-state index in [-0.39, 0.29) is 22.8 Å². The number of rotatable bonds is 8. The summed E-state index contributed by atoms with van der Waals surface area (Å²) in [4.78, 5) is 23.6. The number of esters is 1. The van der Waals surface area contributed by atoms with E-state index < -0.39 is 49.3 Å². The number of aromatic carboxylic acids is 1. The van der Waals surface area contributed by atoms with Gasteiger partial charge < -0.3 is 44.5 Å². The molecule has 2 aromatic rings. The Bertz CT molecular complexity index is 1030. The topological polar surface area (TPSA) is 172 Å². The van der Waals surface area contributed by atoms with Crippen LogP contribution < -0.4 is 9.47 Å². The highest BCUT2D eigenvalue weighted by molar-refractivity contribution is 5.88. The Kier molecular flexibility index (Phi) is 8.08. The van der Waals surface area contributed by atoms with Crippen molar-refractivity contribution in [2.75, 3.05) is 13.7 Å². The zero-order valence-corrected chi connectivity index (χ0v) is 18.0. The number of benzene rings is 2. The highest BCUT2D eigenvalue weighted by Gasteiger charge is 2.48. The number of carboxylic acids is 1. The van der Waals surface area contributed by atoms with Crippen LogP contribution in [0, 0.1) is 0 Å². The molecule has 0 aliphatic carbocycles. The lowest BCUT2D eigenvalue weighted by molar-refractivity contribution is -0.281. The minimum absolute atomic E-state index is 0.0125. The van der Waals surface area contributed by atoms with E-state index in [0.29, 0.717) is 5.56 Å². The quantitative estimate of drug-likeness (QED) is 0.266. The van der Waals surface area contributed by atoms with Crippen LogP contribution in [-0.2, 0) is 14.3 Å². The fourth-order valence-corrected chi connectivity index (χ4v) is 3.22. The Morgan fingerprint density at radius 1 is 1.06 bits per heavy atom. The van der Waals surface area contributed by atoms with Crippen LogP contribution in [-0.4, -0.2) is 81.9 Å². The SMILES string of the molecule is COc1cc(C(=O)O)ccc1O[C@@H]1O[C@H](CO)[C@@H](O)[C@H](O)[C@H]1OC(=O)/C=C/c1ccc(O)cc1. The summed E-state index contributed by atoms with van der Waals surface area (Å²) in [5, 5.41) is 48.7. The average molecular weight is 476 g/mol. The summed E-state index contributed by atoms with van der Waals surface area (Å²) < 4.78 is 21.6. The van der Waals surface area contributed by atoms with Gasteiger partial charge in [0.1, 0.15) is 24.1 Å². The van der Waals surface area contributed by atoms with Crippen LogP contribution >= 0.6 is 0 Å². The van der Waals surface area contributed by atoms with E-state index in [1.165, 1.54) is 43.5 Å². The Morgan fingerprint density at radius 3 is 2.38 bits per heavy atom. The number of ether oxygens (including phenoxy) is 4. The second kappa shape index (κ2) is 11.0. The van der Waals surface area contributed by atoms with E-state index in [1.807, 2.05) is 0 Å². The lowest BCUT2D eigenvalue weighted by atomic mass is 9.99. The number of phenols is 1. The minimum Gasteiger partial charge on any atom is -0.508 e. The van der Waals surface area contributed by atoms with Gasteiger partial charge in [0.25, 0.3) is 0 Å². The van der Waals surface area contributed by atoms with E-state index in [0.717, 1.165) is 6.08 Å². The molecule has 11 nitrogen and oxygen atoms in total. The number of hydrogen-bond acceptors (Lipinski definition) is 10. The van der Waals surface area contributed by atoms with E-state index in [9.17, 15) is 30.0 Å². The Balaban J connectivity index is 1.82. The van der Waals surface area contributed by atoms with Gasteiger partial charge in [0.2, 0.25) is 6.29 Å². The summed E-state index contributed by atoms with van der Waals surface area (Å²) in [5.74, 6) is -1.98. The zero-order valence-electron chi connectivity index (χ0n) is 18.0. The largest absolute Gasteiger partial charge is 0.508 e. The Hall–Kier alpha value is -3.64. The number of phenolic OH excluding ortho intramolecular Hbond substituents is 1. The number of methoxy groups -OCH3 is 1. The molecule has 0 bridgehead atoms. The van der Waals surface area contributed by atoms with Crippen LogP contribution in [0.1, 0.15) is 15.9 Å². The molecule has 1 heterocycles. The monoisotopic (exact) mass is 476 g/mol. The second-order valence-electron chi connectivity index (χ2n) is 7.32. The van der Waals surface area contributed by atoms with Gasteiger partial charge in [-0.15, -0.1) is 0 Å². The molecule has 1 aliphatic rings. The predicted molar refractivity (Wildman–Crippen MR) is 115 cm³/mol. The van der Waals surface area contributed by atoms with Crippen molar-refractivity contribution in [3.63, 3.8) is 0 Å². The first-order chi connectivity index (χ1) is 16.2. The van der Waals surface area contributed by atoms with Crippen molar-refractivity contribution in [1.29, 1.82) is 0 Å². The molecule has 34 heavy (non-hydrogen) atoms. The first-order valence-electron chi connectivity index (χ1n) is 10.1. The summed E-state index contributed by atoms with van der Waals surface area (Å²) in [5.41, 5.74) is 0.520. The molecule has 0 aromatic heterocycles. The number of hydrogen-bond donors (Lipinski definition) is 5. The normalized spacial score (nSPS) is 24.5. The van der Waals surface area contributed by atoms with Crippen molar-refractivity contribution in [2.24, 2.45) is 0 Å². The van der Waals surface area contributed by atoms with Gasteiger partial charge in [0.05, 0.1) is 19.3 Å². The molecular weight excluding hydrogens is 452 g/mol. The van der Waals surface area contributed by atoms with Gasteiger partial charge in [-0.1, -0.05) is 12.1 Å². The van der Waals surface area contributed by atoms with Gasteiger partial charge in [-0.05, 0) is 42.0 Å². The summed E-state index contributed by atoms with van der Waals surface area (Å²) >= 11 is 0. The molecule has 1 fully saturated rings. The number of aliphatic hydroxyl groups excluding tert-OH is 3. The third-order valence-electron chi connectivity index (χ3n) is 5.04. The van der Waals surface area contributed by atoms with E-state index >= 15 is 0 Å². The number of carboxylic acid groups (broad SMARTS) is 1. The van der Waals surface area contributed by atoms with Crippen LogP contribution in [0.5, 0.6) is 17.2 Å². The van der Waals surface area contributed by atoms with Crippen LogP contribution in [0.15, 0.2) is 48.5 Å². The highest BCUT2D eigenvalue weighted by atomic mass is 16.7. The van der Waals surface area contributed by atoms with Gasteiger partial charge in [0.15, 0.2) is 17.6 Å². The molecule has 0 spiro atoms.